The van der Waals surface area contributed by atoms with Crippen molar-refractivity contribution in [3.63, 3.8) is 0 Å². The van der Waals surface area contributed by atoms with Crippen molar-refractivity contribution < 1.29 is 0 Å². The van der Waals surface area contributed by atoms with E-state index in [4.69, 9.17) is 5.73 Å². The van der Waals surface area contributed by atoms with Crippen LogP contribution in [0.2, 0.25) is 0 Å². The van der Waals surface area contributed by atoms with Crippen LogP contribution >= 0.6 is 0 Å². The van der Waals surface area contributed by atoms with Crippen molar-refractivity contribution in [1.82, 2.24) is 10.3 Å². The van der Waals surface area contributed by atoms with Gasteiger partial charge in [0.15, 0.2) is 0 Å². The molecule has 3 heteroatoms. The fourth-order valence-corrected chi connectivity index (χ4v) is 3.65. The van der Waals surface area contributed by atoms with Gasteiger partial charge in [0.1, 0.15) is 0 Å². The van der Waals surface area contributed by atoms with Gasteiger partial charge in [-0.15, -0.1) is 0 Å². The summed E-state index contributed by atoms with van der Waals surface area (Å²) in [5.74, 6) is 2.41. The quantitative estimate of drug-likeness (QED) is 0.826. The van der Waals surface area contributed by atoms with Gasteiger partial charge in [0.2, 0.25) is 0 Å². The number of hydrogen-bond donors (Lipinski definition) is 2. The summed E-state index contributed by atoms with van der Waals surface area (Å²) in [5, 5.41) is 3.72. The van der Waals surface area contributed by atoms with E-state index in [2.05, 4.69) is 31.1 Å². The first-order valence-corrected chi connectivity index (χ1v) is 8.56. The van der Waals surface area contributed by atoms with Crippen LogP contribution in [0.15, 0.2) is 18.5 Å². The Hall–Kier alpha value is -1.09. The van der Waals surface area contributed by atoms with Crippen LogP contribution in [0, 0.1) is 17.8 Å². The largest absolute Gasteiger partial charge is 0.398 e. The Labute approximate surface area is 129 Å². The Bertz CT molecular complexity index is 422. The molecule has 0 spiro atoms. The highest BCUT2D eigenvalue weighted by atomic mass is 14.9. The topological polar surface area (TPSA) is 50.9 Å². The van der Waals surface area contributed by atoms with Crippen molar-refractivity contribution in [2.75, 3.05) is 12.3 Å². The number of anilines is 1. The zero-order valence-electron chi connectivity index (χ0n) is 13.8. The van der Waals surface area contributed by atoms with Crippen LogP contribution in [-0.2, 0) is 0 Å². The molecule has 1 aromatic heterocycles. The van der Waals surface area contributed by atoms with Crippen LogP contribution in [0.5, 0.6) is 0 Å². The van der Waals surface area contributed by atoms with Crippen LogP contribution in [0.1, 0.15) is 64.5 Å². The highest BCUT2D eigenvalue weighted by molar-refractivity contribution is 5.46. The lowest BCUT2D eigenvalue weighted by Crippen LogP contribution is -2.33. The summed E-state index contributed by atoms with van der Waals surface area (Å²) in [4.78, 5) is 4.29. The molecule has 1 atom stereocenters. The Kier molecular flexibility index (Phi) is 6.04. The second-order valence-electron chi connectivity index (χ2n) is 6.86. The number of pyridine rings is 1. The number of aromatic nitrogens is 1. The molecule has 3 nitrogen and oxygen atoms in total. The van der Waals surface area contributed by atoms with Gasteiger partial charge in [-0.25, -0.2) is 0 Å². The molecule has 0 saturated heterocycles. The van der Waals surface area contributed by atoms with Gasteiger partial charge in [-0.2, -0.15) is 0 Å². The van der Waals surface area contributed by atoms with E-state index in [-0.39, 0.29) is 0 Å². The minimum atomic E-state index is 0.367. The lowest BCUT2D eigenvalue weighted by Gasteiger charge is -2.36. The lowest BCUT2D eigenvalue weighted by molar-refractivity contribution is 0.189. The van der Waals surface area contributed by atoms with Gasteiger partial charge < -0.3 is 11.1 Å². The number of rotatable bonds is 6. The van der Waals surface area contributed by atoms with E-state index >= 15 is 0 Å². The molecule has 0 amide bonds. The highest BCUT2D eigenvalue weighted by Gasteiger charge is 2.30. The normalized spacial score (nSPS) is 24.2. The molecular formula is C18H31N3. The van der Waals surface area contributed by atoms with Crippen molar-refractivity contribution in [3.05, 3.63) is 24.0 Å². The molecule has 21 heavy (non-hydrogen) atoms. The first-order valence-electron chi connectivity index (χ1n) is 8.56. The van der Waals surface area contributed by atoms with E-state index in [1.54, 1.807) is 6.20 Å². The first-order chi connectivity index (χ1) is 10.1. The third-order valence-corrected chi connectivity index (χ3v) is 5.07. The maximum atomic E-state index is 6.20. The highest BCUT2D eigenvalue weighted by Crippen LogP contribution is 2.40. The monoisotopic (exact) mass is 289 g/mol. The molecular weight excluding hydrogens is 258 g/mol. The summed E-state index contributed by atoms with van der Waals surface area (Å²) in [7, 11) is 0. The molecule has 1 fully saturated rings. The minimum Gasteiger partial charge on any atom is -0.398 e. The summed E-state index contributed by atoms with van der Waals surface area (Å²) in [6, 6.07) is 2.29. The molecule has 0 aromatic carbocycles. The number of nitrogens with zero attached hydrogens (tertiary/aromatic N) is 1. The van der Waals surface area contributed by atoms with E-state index in [0.717, 1.165) is 30.5 Å². The Morgan fingerprint density at radius 1 is 1.24 bits per heavy atom. The SMILES string of the molecule is CCCNC(c1cnccc1N)C1CCC(C(C)C)CC1. The summed E-state index contributed by atoms with van der Waals surface area (Å²) in [5.41, 5.74) is 8.27. The minimum absolute atomic E-state index is 0.367. The van der Waals surface area contributed by atoms with Crippen molar-refractivity contribution in [3.8, 4) is 0 Å². The molecule has 0 aliphatic heterocycles. The predicted molar refractivity (Wildman–Crippen MR) is 90.0 cm³/mol. The molecule has 2 rings (SSSR count). The average Bonchev–Trinajstić information content (AvgIpc) is 2.50. The second-order valence-corrected chi connectivity index (χ2v) is 6.86. The number of hydrogen-bond acceptors (Lipinski definition) is 3. The van der Waals surface area contributed by atoms with Gasteiger partial charge in [-0.1, -0.05) is 20.8 Å². The van der Waals surface area contributed by atoms with Crippen LogP contribution in [0.3, 0.4) is 0 Å². The number of nitrogens with two attached hydrogens (primary N) is 1. The molecule has 3 N–H and O–H groups in total. The van der Waals surface area contributed by atoms with E-state index in [0.29, 0.717) is 12.0 Å². The standard InChI is InChI=1S/C18H31N3/c1-4-10-21-18(16-12-20-11-9-17(16)19)15-7-5-14(6-8-15)13(2)3/h9,11-15,18,21H,4-8,10H2,1-3H3,(H2,19,20). The van der Waals surface area contributed by atoms with Gasteiger partial charge in [0.05, 0.1) is 0 Å². The van der Waals surface area contributed by atoms with Crippen molar-refractivity contribution >= 4 is 5.69 Å². The molecule has 1 saturated carbocycles. The van der Waals surface area contributed by atoms with Gasteiger partial charge in [-0.05, 0) is 62.5 Å². The maximum absolute atomic E-state index is 6.20. The van der Waals surface area contributed by atoms with E-state index in [1.807, 2.05) is 12.3 Å². The smallest absolute Gasteiger partial charge is 0.0393 e. The molecule has 0 bridgehead atoms. The molecule has 0 radical (unpaired) electrons. The molecule has 1 aliphatic carbocycles. The summed E-state index contributed by atoms with van der Waals surface area (Å²) in [6.45, 7) is 7.98. The van der Waals surface area contributed by atoms with Gasteiger partial charge in [0, 0.05) is 29.7 Å². The van der Waals surface area contributed by atoms with Crippen LogP contribution < -0.4 is 11.1 Å². The summed E-state index contributed by atoms with van der Waals surface area (Å²) < 4.78 is 0. The fraction of sp³-hybridized carbons (Fsp3) is 0.722. The number of nitrogens with one attached hydrogen (secondary N) is 1. The fourth-order valence-electron chi connectivity index (χ4n) is 3.65. The first kappa shape index (κ1) is 16.3. The van der Waals surface area contributed by atoms with E-state index in [1.165, 1.54) is 31.2 Å². The van der Waals surface area contributed by atoms with Crippen molar-refractivity contribution in [2.45, 2.75) is 58.9 Å². The third kappa shape index (κ3) is 4.19. The average molecular weight is 289 g/mol. The molecule has 118 valence electrons. The lowest BCUT2D eigenvalue weighted by atomic mass is 9.73. The second kappa shape index (κ2) is 7.79. The molecule has 1 aliphatic rings. The zero-order valence-corrected chi connectivity index (χ0v) is 13.8. The zero-order chi connectivity index (χ0) is 15.2. The number of nitrogen functional groups attached to an aromatic ring is 1. The van der Waals surface area contributed by atoms with Crippen LogP contribution in [0.4, 0.5) is 5.69 Å². The van der Waals surface area contributed by atoms with Crippen LogP contribution in [0.25, 0.3) is 0 Å². The van der Waals surface area contributed by atoms with E-state index in [9.17, 15) is 0 Å². The predicted octanol–water partition coefficient (Wildman–Crippen LogP) is 4.17. The Morgan fingerprint density at radius 2 is 1.90 bits per heavy atom. The van der Waals surface area contributed by atoms with Gasteiger partial charge in [-0.3, -0.25) is 4.98 Å². The van der Waals surface area contributed by atoms with Crippen molar-refractivity contribution in [1.29, 1.82) is 0 Å². The van der Waals surface area contributed by atoms with Crippen LogP contribution in [-0.4, -0.2) is 11.5 Å². The van der Waals surface area contributed by atoms with Crippen molar-refractivity contribution in [2.24, 2.45) is 17.8 Å². The molecule has 1 aromatic rings. The molecule has 1 unspecified atom stereocenters. The third-order valence-electron chi connectivity index (χ3n) is 5.07. The van der Waals surface area contributed by atoms with E-state index < -0.39 is 0 Å². The van der Waals surface area contributed by atoms with Gasteiger partial charge in [0.25, 0.3) is 0 Å². The Morgan fingerprint density at radius 3 is 2.48 bits per heavy atom. The van der Waals surface area contributed by atoms with Gasteiger partial charge >= 0.3 is 0 Å². The molecule has 1 heterocycles. The Balaban J connectivity index is 2.09. The summed E-state index contributed by atoms with van der Waals surface area (Å²) >= 11 is 0. The maximum Gasteiger partial charge on any atom is 0.0393 e. The summed E-state index contributed by atoms with van der Waals surface area (Å²) in [6.07, 6.45) is 10.2.